The number of rotatable bonds is 5. The third-order valence-corrected chi connectivity index (χ3v) is 3.86. The summed E-state index contributed by atoms with van der Waals surface area (Å²) in [5.74, 6) is -2.21. The zero-order valence-corrected chi connectivity index (χ0v) is 15.3. The summed E-state index contributed by atoms with van der Waals surface area (Å²) in [5.41, 5.74) is 3.87. The number of amides is 2. The molecule has 0 bridgehead atoms. The van der Waals surface area contributed by atoms with Crippen LogP contribution in [0.4, 0.5) is 4.39 Å². The van der Waals surface area contributed by atoms with E-state index in [1.54, 1.807) is 24.3 Å². The van der Waals surface area contributed by atoms with Crippen LogP contribution in [-0.2, 0) is 14.3 Å². The molecule has 152 valence electrons. The predicted molar refractivity (Wildman–Crippen MR) is 95.9 cm³/mol. The molecule has 1 aliphatic heterocycles. The molecule has 0 aliphatic carbocycles. The fraction of sp³-hybridized carbons (Fsp3) is 0.211. The van der Waals surface area contributed by atoms with Gasteiger partial charge in [-0.25, -0.2) is 9.18 Å². The summed E-state index contributed by atoms with van der Waals surface area (Å²) in [7, 11) is 1.36. The molecule has 0 spiro atoms. The van der Waals surface area contributed by atoms with Crippen molar-refractivity contribution >= 4 is 17.8 Å². The second kappa shape index (κ2) is 8.91. The van der Waals surface area contributed by atoms with E-state index < -0.39 is 36.3 Å². The molecule has 0 saturated heterocycles. The summed E-state index contributed by atoms with van der Waals surface area (Å²) in [5, 5.41) is 0. The van der Waals surface area contributed by atoms with E-state index in [0.717, 1.165) is 6.07 Å². The normalized spacial score (nSPS) is 14.5. The van der Waals surface area contributed by atoms with Gasteiger partial charge in [0, 0.05) is 6.07 Å². The van der Waals surface area contributed by atoms with E-state index in [-0.39, 0.29) is 17.9 Å². The Morgan fingerprint density at radius 3 is 2.62 bits per heavy atom. The van der Waals surface area contributed by atoms with Gasteiger partial charge in [0.25, 0.3) is 11.8 Å². The van der Waals surface area contributed by atoms with Gasteiger partial charge in [-0.05, 0) is 24.3 Å². The number of methoxy groups -OCH3 is 1. The largest absolute Gasteiger partial charge is 0.497 e. The van der Waals surface area contributed by atoms with E-state index in [9.17, 15) is 18.8 Å². The van der Waals surface area contributed by atoms with Crippen LogP contribution in [-0.4, -0.2) is 44.2 Å². The standard InChI is InChI=1S/C19H17FN2O7/c1-26-11-6-7-12(13(20)8-11)19(25)28-10-17(23)21-22-18(24)16-9-27-14-4-2-3-5-15(14)29-16/h2-8,16H,9-10H2,1H3,(H,21,23)(H,22,24)/t16-/m0/s1. The summed E-state index contributed by atoms with van der Waals surface area (Å²) >= 11 is 0. The Balaban J connectivity index is 1.44. The monoisotopic (exact) mass is 404 g/mol. The van der Waals surface area contributed by atoms with Crippen molar-refractivity contribution in [2.24, 2.45) is 0 Å². The van der Waals surface area contributed by atoms with Crippen LogP contribution in [0.1, 0.15) is 10.4 Å². The summed E-state index contributed by atoms with van der Waals surface area (Å²) in [6, 6.07) is 10.4. The van der Waals surface area contributed by atoms with Crippen molar-refractivity contribution in [3.63, 3.8) is 0 Å². The van der Waals surface area contributed by atoms with Crippen molar-refractivity contribution < 1.29 is 37.7 Å². The van der Waals surface area contributed by atoms with Gasteiger partial charge in [0.1, 0.15) is 18.2 Å². The maximum atomic E-state index is 13.8. The van der Waals surface area contributed by atoms with Gasteiger partial charge in [-0.15, -0.1) is 0 Å². The zero-order chi connectivity index (χ0) is 20.8. The first kappa shape index (κ1) is 19.9. The Labute approximate surface area is 164 Å². The molecule has 2 aromatic rings. The summed E-state index contributed by atoms with van der Waals surface area (Å²) in [6.07, 6.45) is -0.971. The molecule has 2 aromatic carbocycles. The van der Waals surface area contributed by atoms with Crippen LogP contribution in [0, 0.1) is 5.82 Å². The zero-order valence-electron chi connectivity index (χ0n) is 15.3. The maximum Gasteiger partial charge on any atom is 0.341 e. The number of nitrogens with one attached hydrogen (secondary N) is 2. The number of hydrazine groups is 1. The molecule has 1 heterocycles. The second-order valence-electron chi connectivity index (χ2n) is 5.82. The van der Waals surface area contributed by atoms with Crippen molar-refractivity contribution in [2.75, 3.05) is 20.3 Å². The lowest BCUT2D eigenvalue weighted by atomic mass is 10.2. The number of halogens is 1. The molecule has 9 nitrogen and oxygen atoms in total. The van der Waals surface area contributed by atoms with Crippen LogP contribution in [0.25, 0.3) is 0 Å². The van der Waals surface area contributed by atoms with Gasteiger partial charge in [0.05, 0.1) is 12.7 Å². The van der Waals surface area contributed by atoms with Gasteiger partial charge < -0.3 is 18.9 Å². The summed E-state index contributed by atoms with van der Waals surface area (Å²) in [4.78, 5) is 35.7. The first-order valence-corrected chi connectivity index (χ1v) is 8.46. The molecule has 10 heteroatoms. The van der Waals surface area contributed by atoms with Crippen molar-refractivity contribution in [3.05, 3.63) is 53.8 Å². The van der Waals surface area contributed by atoms with Crippen molar-refractivity contribution in [1.29, 1.82) is 0 Å². The Morgan fingerprint density at radius 1 is 1.14 bits per heavy atom. The Morgan fingerprint density at radius 2 is 1.90 bits per heavy atom. The van der Waals surface area contributed by atoms with Crippen molar-refractivity contribution in [3.8, 4) is 17.2 Å². The first-order chi connectivity index (χ1) is 14.0. The fourth-order valence-corrected chi connectivity index (χ4v) is 2.39. The molecule has 3 rings (SSSR count). The van der Waals surface area contributed by atoms with Gasteiger partial charge >= 0.3 is 5.97 Å². The van der Waals surface area contributed by atoms with E-state index in [0.29, 0.717) is 11.5 Å². The van der Waals surface area contributed by atoms with E-state index in [2.05, 4.69) is 10.9 Å². The molecule has 0 fully saturated rings. The highest BCUT2D eigenvalue weighted by Crippen LogP contribution is 2.30. The maximum absolute atomic E-state index is 13.8. The smallest absolute Gasteiger partial charge is 0.341 e. The molecule has 29 heavy (non-hydrogen) atoms. The van der Waals surface area contributed by atoms with Gasteiger partial charge in [0.2, 0.25) is 6.10 Å². The van der Waals surface area contributed by atoms with Crippen LogP contribution >= 0.6 is 0 Å². The van der Waals surface area contributed by atoms with Gasteiger partial charge in [-0.2, -0.15) is 0 Å². The third-order valence-electron chi connectivity index (χ3n) is 3.86. The lowest BCUT2D eigenvalue weighted by molar-refractivity contribution is -0.135. The average molecular weight is 404 g/mol. The van der Waals surface area contributed by atoms with E-state index in [1.165, 1.54) is 19.2 Å². The van der Waals surface area contributed by atoms with Gasteiger partial charge in [-0.1, -0.05) is 12.1 Å². The minimum Gasteiger partial charge on any atom is -0.497 e. The molecule has 0 saturated carbocycles. The highest BCUT2D eigenvalue weighted by atomic mass is 19.1. The highest BCUT2D eigenvalue weighted by Gasteiger charge is 2.27. The van der Waals surface area contributed by atoms with Crippen LogP contribution in [0.2, 0.25) is 0 Å². The Bertz CT molecular complexity index is 935. The van der Waals surface area contributed by atoms with Gasteiger partial charge in [0.15, 0.2) is 18.1 Å². The van der Waals surface area contributed by atoms with E-state index >= 15 is 0 Å². The highest BCUT2D eigenvalue weighted by molar-refractivity contribution is 5.92. The number of ether oxygens (including phenoxy) is 4. The molecule has 0 unspecified atom stereocenters. The molecule has 1 aliphatic rings. The number of para-hydroxylation sites is 2. The van der Waals surface area contributed by atoms with E-state index in [4.69, 9.17) is 18.9 Å². The lowest BCUT2D eigenvalue weighted by Gasteiger charge is -2.25. The molecular weight excluding hydrogens is 387 g/mol. The fourth-order valence-electron chi connectivity index (χ4n) is 2.39. The SMILES string of the molecule is COc1ccc(C(=O)OCC(=O)NNC(=O)[C@@H]2COc3ccccc3O2)c(F)c1. The Kier molecular flexibility index (Phi) is 6.12. The second-order valence-corrected chi connectivity index (χ2v) is 5.82. The van der Waals surface area contributed by atoms with Gasteiger partial charge in [-0.3, -0.25) is 20.4 Å². The summed E-state index contributed by atoms with van der Waals surface area (Å²) < 4.78 is 34.3. The van der Waals surface area contributed by atoms with Crippen LogP contribution in [0.5, 0.6) is 17.2 Å². The molecular formula is C19H17FN2O7. The molecule has 2 N–H and O–H groups in total. The molecule has 0 aromatic heterocycles. The number of esters is 1. The molecule has 0 radical (unpaired) electrons. The quantitative estimate of drug-likeness (QED) is 0.564. The van der Waals surface area contributed by atoms with Crippen molar-refractivity contribution in [2.45, 2.75) is 6.10 Å². The first-order valence-electron chi connectivity index (χ1n) is 8.46. The third kappa shape index (κ3) is 4.92. The van der Waals surface area contributed by atoms with E-state index in [1.807, 2.05) is 0 Å². The predicted octanol–water partition coefficient (Wildman–Crippen LogP) is 0.979. The number of carbonyl (C=O) groups excluding carboxylic acids is 3. The van der Waals surface area contributed by atoms with Crippen molar-refractivity contribution in [1.82, 2.24) is 10.9 Å². The number of hydrogen-bond donors (Lipinski definition) is 2. The number of fused-ring (bicyclic) bond motifs is 1. The topological polar surface area (TPSA) is 112 Å². The Hall–Kier alpha value is -3.82. The number of benzene rings is 2. The number of hydrogen-bond acceptors (Lipinski definition) is 7. The van der Waals surface area contributed by atoms with Crippen LogP contribution in [0.15, 0.2) is 42.5 Å². The lowest BCUT2D eigenvalue weighted by Crippen LogP contribution is -2.51. The number of carbonyl (C=O) groups is 3. The average Bonchev–Trinajstić information content (AvgIpc) is 2.75. The molecule has 2 amide bonds. The molecule has 1 atom stereocenters. The summed E-state index contributed by atoms with van der Waals surface area (Å²) in [6.45, 7) is -0.764. The van der Waals surface area contributed by atoms with Crippen LogP contribution in [0.3, 0.4) is 0 Å². The van der Waals surface area contributed by atoms with Crippen LogP contribution < -0.4 is 25.1 Å². The minimum absolute atomic E-state index is 0.0373. The minimum atomic E-state index is -1.03.